The van der Waals surface area contributed by atoms with Crippen LogP contribution in [-0.4, -0.2) is 16.1 Å². The summed E-state index contributed by atoms with van der Waals surface area (Å²) in [6, 6.07) is 8.95. The number of carboxylic acids is 1. The van der Waals surface area contributed by atoms with Crippen molar-refractivity contribution in [3.05, 3.63) is 35.7 Å². The average molecular weight is 264 g/mol. The lowest BCUT2D eigenvalue weighted by molar-refractivity contribution is -0.131. The van der Waals surface area contributed by atoms with E-state index in [-0.39, 0.29) is 4.99 Å². The van der Waals surface area contributed by atoms with Gasteiger partial charge in [0, 0.05) is 16.7 Å². The second-order valence-electron chi connectivity index (χ2n) is 2.85. The zero-order valence-electron chi connectivity index (χ0n) is 8.58. The predicted molar refractivity (Wildman–Crippen MR) is 70.9 cm³/mol. The Kier molecular flexibility index (Phi) is 5.20. The van der Waals surface area contributed by atoms with Gasteiger partial charge in [0.1, 0.15) is 6.07 Å². The zero-order valence-corrected chi connectivity index (χ0v) is 10.2. The molecule has 0 saturated heterocycles. The van der Waals surface area contributed by atoms with E-state index >= 15 is 0 Å². The molecule has 0 amide bonds. The molecule has 0 heterocycles. The van der Waals surface area contributed by atoms with Gasteiger partial charge >= 0.3 is 5.97 Å². The quantitative estimate of drug-likeness (QED) is 0.495. The first-order valence-corrected chi connectivity index (χ1v) is 5.78. The van der Waals surface area contributed by atoms with Crippen molar-refractivity contribution in [3.63, 3.8) is 0 Å². The van der Waals surface area contributed by atoms with Gasteiger partial charge in [0.25, 0.3) is 0 Å². The lowest BCUT2D eigenvalue weighted by Crippen LogP contribution is -2.04. The van der Waals surface area contributed by atoms with E-state index in [1.165, 1.54) is 17.2 Å². The predicted octanol–water partition coefficient (Wildman–Crippen LogP) is 2.64. The SMILES string of the molecule is N#CC(=S)Nc1ccc(S/C=C/C(=O)O)cc1. The lowest BCUT2D eigenvalue weighted by atomic mass is 10.3. The summed E-state index contributed by atoms with van der Waals surface area (Å²) < 4.78 is 0. The van der Waals surface area contributed by atoms with Crippen LogP contribution in [0.1, 0.15) is 0 Å². The van der Waals surface area contributed by atoms with Crippen LogP contribution in [0.2, 0.25) is 0 Å². The number of rotatable bonds is 4. The Morgan fingerprint density at radius 1 is 1.47 bits per heavy atom. The van der Waals surface area contributed by atoms with Crippen LogP contribution in [0.5, 0.6) is 0 Å². The highest BCUT2D eigenvalue weighted by Crippen LogP contribution is 2.21. The number of benzene rings is 1. The first-order chi connectivity index (χ1) is 8.11. The number of nitrogens with one attached hydrogen (secondary N) is 1. The van der Waals surface area contributed by atoms with Gasteiger partial charge in [-0.2, -0.15) is 5.26 Å². The highest BCUT2D eigenvalue weighted by atomic mass is 32.2. The maximum Gasteiger partial charge on any atom is 0.328 e. The van der Waals surface area contributed by atoms with E-state index in [9.17, 15) is 4.79 Å². The summed E-state index contributed by atoms with van der Waals surface area (Å²) in [6.45, 7) is 0. The average Bonchev–Trinajstić information content (AvgIpc) is 2.31. The van der Waals surface area contributed by atoms with Crippen LogP contribution < -0.4 is 5.32 Å². The molecule has 6 heteroatoms. The summed E-state index contributed by atoms with van der Waals surface area (Å²) >= 11 is 6.01. The molecule has 0 saturated carbocycles. The summed E-state index contributed by atoms with van der Waals surface area (Å²) in [5, 5.41) is 21.1. The van der Waals surface area contributed by atoms with Crippen molar-refractivity contribution in [3.8, 4) is 6.07 Å². The molecule has 2 N–H and O–H groups in total. The zero-order chi connectivity index (χ0) is 12.7. The summed E-state index contributed by atoms with van der Waals surface area (Å²) in [6.07, 6.45) is 1.07. The molecule has 0 spiro atoms. The molecule has 1 aromatic carbocycles. The largest absolute Gasteiger partial charge is 0.478 e. The van der Waals surface area contributed by atoms with Crippen LogP contribution >= 0.6 is 24.0 Å². The van der Waals surface area contributed by atoms with Crippen LogP contribution in [0.3, 0.4) is 0 Å². The van der Waals surface area contributed by atoms with Crippen molar-refractivity contribution in [2.45, 2.75) is 4.90 Å². The number of nitriles is 1. The maximum absolute atomic E-state index is 10.2. The summed E-state index contributed by atoms with van der Waals surface area (Å²) in [7, 11) is 0. The van der Waals surface area contributed by atoms with E-state index in [4.69, 9.17) is 22.6 Å². The maximum atomic E-state index is 10.2. The van der Waals surface area contributed by atoms with Gasteiger partial charge in [0.15, 0.2) is 4.99 Å². The molecule has 0 aromatic heterocycles. The third kappa shape index (κ3) is 5.15. The molecule has 0 atom stereocenters. The highest BCUT2D eigenvalue weighted by Gasteiger charge is 1.96. The lowest BCUT2D eigenvalue weighted by Gasteiger charge is -2.02. The number of nitrogens with zero attached hydrogens (tertiary/aromatic N) is 1. The van der Waals surface area contributed by atoms with Gasteiger partial charge in [-0.1, -0.05) is 11.8 Å². The molecular formula is C11H8N2O2S2. The van der Waals surface area contributed by atoms with Crippen LogP contribution in [0, 0.1) is 11.3 Å². The fourth-order valence-corrected chi connectivity index (χ4v) is 1.70. The molecule has 0 aliphatic heterocycles. The van der Waals surface area contributed by atoms with Crippen molar-refractivity contribution < 1.29 is 9.90 Å². The first kappa shape index (κ1) is 13.2. The van der Waals surface area contributed by atoms with Crippen molar-refractivity contribution in [1.29, 1.82) is 5.26 Å². The number of aliphatic carboxylic acids is 1. The second-order valence-corrected chi connectivity index (χ2v) is 4.24. The molecule has 4 nitrogen and oxygen atoms in total. The minimum atomic E-state index is -0.977. The van der Waals surface area contributed by atoms with Gasteiger partial charge in [0.2, 0.25) is 0 Å². The van der Waals surface area contributed by atoms with Gasteiger partial charge in [-0.05, 0) is 41.9 Å². The minimum Gasteiger partial charge on any atom is -0.478 e. The molecule has 0 aliphatic carbocycles. The summed E-state index contributed by atoms with van der Waals surface area (Å²) in [4.78, 5) is 11.2. The van der Waals surface area contributed by atoms with Crippen molar-refractivity contribution in [2.24, 2.45) is 0 Å². The normalized spacial score (nSPS) is 9.82. The molecule has 0 radical (unpaired) electrons. The van der Waals surface area contributed by atoms with Crippen LogP contribution in [0.4, 0.5) is 5.69 Å². The van der Waals surface area contributed by atoms with Crippen LogP contribution in [-0.2, 0) is 4.79 Å². The number of hydrogen-bond acceptors (Lipinski definition) is 4. The van der Waals surface area contributed by atoms with Crippen molar-refractivity contribution in [2.75, 3.05) is 5.32 Å². The molecule has 86 valence electrons. The highest BCUT2D eigenvalue weighted by molar-refractivity contribution is 8.02. The number of thiocarbonyl (C=S) groups is 1. The summed E-state index contributed by atoms with van der Waals surface area (Å²) in [5.74, 6) is -0.977. The minimum absolute atomic E-state index is 0.108. The molecule has 17 heavy (non-hydrogen) atoms. The monoisotopic (exact) mass is 264 g/mol. The molecule has 0 bridgehead atoms. The van der Waals surface area contributed by atoms with Crippen molar-refractivity contribution >= 4 is 40.6 Å². The van der Waals surface area contributed by atoms with E-state index in [0.29, 0.717) is 0 Å². The Hall–Kier alpha value is -1.84. The van der Waals surface area contributed by atoms with Gasteiger partial charge in [-0.15, -0.1) is 0 Å². The number of hydrogen-bond donors (Lipinski definition) is 2. The fourth-order valence-electron chi connectivity index (χ4n) is 0.947. The molecule has 0 fully saturated rings. The Morgan fingerprint density at radius 2 is 2.12 bits per heavy atom. The van der Waals surface area contributed by atoms with E-state index in [1.807, 2.05) is 6.07 Å². The first-order valence-electron chi connectivity index (χ1n) is 4.49. The third-order valence-electron chi connectivity index (χ3n) is 1.63. The van der Waals surface area contributed by atoms with E-state index in [2.05, 4.69) is 5.32 Å². The third-order valence-corrected chi connectivity index (χ3v) is 2.64. The standard InChI is InChI=1S/C11H8N2O2S2/c12-7-10(16)13-8-1-3-9(4-2-8)17-6-5-11(14)15/h1-6H,(H,13,16)(H,14,15)/b6-5+. The number of anilines is 1. The summed E-state index contributed by atoms with van der Waals surface area (Å²) in [5.41, 5.74) is 0.725. The van der Waals surface area contributed by atoms with Crippen molar-refractivity contribution in [1.82, 2.24) is 0 Å². The molecule has 0 aliphatic rings. The molecule has 1 rings (SSSR count). The smallest absolute Gasteiger partial charge is 0.328 e. The van der Waals surface area contributed by atoms with E-state index < -0.39 is 5.97 Å². The Labute approximate surface area is 108 Å². The molecule has 0 unspecified atom stereocenters. The van der Waals surface area contributed by atoms with Gasteiger partial charge in [-0.3, -0.25) is 0 Å². The molecular weight excluding hydrogens is 256 g/mol. The van der Waals surface area contributed by atoms with E-state index in [1.54, 1.807) is 24.3 Å². The fraction of sp³-hybridized carbons (Fsp3) is 0. The Morgan fingerprint density at radius 3 is 2.65 bits per heavy atom. The number of carbonyl (C=O) groups is 1. The van der Waals surface area contributed by atoms with Gasteiger partial charge in [0.05, 0.1) is 0 Å². The molecule has 1 aromatic rings. The number of thioether (sulfide) groups is 1. The van der Waals surface area contributed by atoms with Gasteiger partial charge in [-0.25, -0.2) is 4.79 Å². The van der Waals surface area contributed by atoms with E-state index in [0.717, 1.165) is 16.7 Å². The Bertz CT molecular complexity index is 489. The van der Waals surface area contributed by atoms with Crippen LogP contribution in [0.15, 0.2) is 40.6 Å². The number of carboxylic acid groups (broad SMARTS) is 1. The topological polar surface area (TPSA) is 73.1 Å². The Balaban J connectivity index is 2.59. The van der Waals surface area contributed by atoms with Crippen LogP contribution in [0.25, 0.3) is 0 Å². The second kappa shape index (κ2) is 6.68. The van der Waals surface area contributed by atoms with Gasteiger partial charge < -0.3 is 10.4 Å².